The average molecular weight is 310 g/mol. The smallest absolute Gasteiger partial charge is 0.0882 e. The van der Waals surface area contributed by atoms with Crippen molar-refractivity contribution in [2.75, 3.05) is 36.8 Å². The maximum atomic E-state index is 3.50. The zero-order chi connectivity index (χ0) is 13.9. The highest BCUT2D eigenvalue weighted by Crippen LogP contribution is 2.15. The Hall–Kier alpha value is -1.04. The SMILES string of the molecule is c1csc(NCCCCNCCCNc2cccs2)c1. The lowest BCUT2D eigenvalue weighted by Crippen LogP contribution is -2.19. The molecule has 2 heterocycles. The van der Waals surface area contributed by atoms with Crippen molar-refractivity contribution in [1.82, 2.24) is 5.32 Å². The Morgan fingerprint density at radius 1 is 0.700 bits per heavy atom. The van der Waals surface area contributed by atoms with Crippen molar-refractivity contribution in [3.8, 4) is 0 Å². The maximum absolute atomic E-state index is 3.50. The highest BCUT2D eigenvalue weighted by molar-refractivity contribution is 7.14. The first-order valence-electron chi connectivity index (χ1n) is 7.20. The van der Waals surface area contributed by atoms with Crippen LogP contribution >= 0.6 is 22.7 Å². The first-order valence-corrected chi connectivity index (χ1v) is 8.96. The van der Waals surface area contributed by atoms with Gasteiger partial charge in [-0.25, -0.2) is 0 Å². The second-order valence-corrected chi connectivity index (χ2v) is 6.51. The average Bonchev–Trinajstić information content (AvgIpc) is 3.14. The first kappa shape index (κ1) is 15.4. The summed E-state index contributed by atoms with van der Waals surface area (Å²) in [6, 6.07) is 8.41. The summed E-state index contributed by atoms with van der Waals surface area (Å²) in [7, 11) is 0. The number of rotatable bonds is 11. The normalized spacial score (nSPS) is 10.6. The predicted octanol–water partition coefficient (Wildman–Crippen LogP) is 4.09. The quantitative estimate of drug-likeness (QED) is 0.547. The topological polar surface area (TPSA) is 36.1 Å². The third-order valence-electron chi connectivity index (χ3n) is 2.95. The molecule has 0 aliphatic rings. The van der Waals surface area contributed by atoms with E-state index in [1.165, 1.54) is 29.3 Å². The van der Waals surface area contributed by atoms with Gasteiger partial charge in [-0.2, -0.15) is 0 Å². The van der Waals surface area contributed by atoms with Crippen LogP contribution in [0.25, 0.3) is 0 Å². The molecule has 0 spiro atoms. The second-order valence-electron chi connectivity index (χ2n) is 4.62. The molecule has 0 amide bonds. The Bertz CT molecular complexity index is 384. The van der Waals surface area contributed by atoms with Crippen LogP contribution in [0.4, 0.5) is 10.0 Å². The molecule has 0 aliphatic carbocycles. The van der Waals surface area contributed by atoms with Crippen molar-refractivity contribution in [2.24, 2.45) is 0 Å². The summed E-state index contributed by atoms with van der Waals surface area (Å²) >= 11 is 3.53. The molecule has 2 aromatic rings. The second kappa shape index (κ2) is 9.80. The molecular formula is C15H23N3S2. The highest BCUT2D eigenvalue weighted by atomic mass is 32.1. The molecule has 0 fully saturated rings. The third kappa shape index (κ3) is 6.41. The van der Waals surface area contributed by atoms with E-state index in [0.29, 0.717) is 0 Å². The Balaban J connectivity index is 1.33. The molecule has 0 saturated carbocycles. The van der Waals surface area contributed by atoms with Crippen LogP contribution < -0.4 is 16.0 Å². The van der Waals surface area contributed by atoms with E-state index < -0.39 is 0 Å². The molecule has 20 heavy (non-hydrogen) atoms. The number of nitrogens with one attached hydrogen (secondary N) is 3. The Morgan fingerprint density at radius 2 is 1.25 bits per heavy atom. The standard InChI is InChI=1S/C15H23N3S2/c1(2-10-17-14-6-3-12-19-14)8-16-9-5-11-18-15-7-4-13-20-15/h3-4,6-7,12-13,16-18H,1-2,5,8-11H2. The minimum absolute atomic E-state index is 1.05. The van der Waals surface area contributed by atoms with Gasteiger partial charge in [0.2, 0.25) is 0 Å². The molecule has 0 unspecified atom stereocenters. The minimum atomic E-state index is 1.05. The molecular weight excluding hydrogens is 286 g/mol. The van der Waals surface area contributed by atoms with Crippen molar-refractivity contribution in [3.63, 3.8) is 0 Å². The van der Waals surface area contributed by atoms with E-state index >= 15 is 0 Å². The zero-order valence-electron chi connectivity index (χ0n) is 11.7. The van der Waals surface area contributed by atoms with Gasteiger partial charge in [-0.1, -0.05) is 0 Å². The van der Waals surface area contributed by atoms with Gasteiger partial charge in [0.15, 0.2) is 0 Å². The third-order valence-corrected chi connectivity index (χ3v) is 4.61. The summed E-state index contributed by atoms with van der Waals surface area (Å²) < 4.78 is 0. The summed E-state index contributed by atoms with van der Waals surface area (Å²) in [6.45, 7) is 4.33. The molecule has 3 N–H and O–H groups in total. The van der Waals surface area contributed by atoms with Gasteiger partial charge in [0.1, 0.15) is 0 Å². The molecule has 5 heteroatoms. The minimum Gasteiger partial charge on any atom is -0.377 e. The van der Waals surface area contributed by atoms with Gasteiger partial charge in [-0.05, 0) is 67.4 Å². The molecule has 3 nitrogen and oxygen atoms in total. The van der Waals surface area contributed by atoms with Gasteiger partial charge in [-0.15, -0.1) is 22.7 Å². The number of hydrogen-bond acceptors (Lipinski definition) is 5. The van der Waals surface area contributed by atoms with E-state index in [0.717, 1.165) is 26.2 Å². The summed E-state index contributed by atoms with van der Waals surface area (Å²) in [6.07, 6.45) is 3.63. The molecule has 2 aromatic heterocycles. The van der Waals surface area contributed by atoms with Crippen molar-refractivity contribution < 1.29 is 0 Å². The van der Waals surface area contributed by atoms with Crippen LogP contribution in [0, 0.1) is 0 Å². The fourth-order valence-electron chi connectivity index (χ4n) is 1.89. The van der Waals surface area contributed by atoms with Crippen molar-refractivity contribution >= 4 is 32.7 Å². The van der Waals surface area contributed by atoms with Crippen LogP contribution in [-0.2, 0) is 0 Å². The zero-order valence-corrected chi connectivity index (χ0v) is 13.4. The summed E-state index contributed by atoms with van der Waals surface area (Å²) in [4.78, 5) is 0. The van der Waals surface area contributed by atoms with Crippen LogP contribution in [-0.4, -0.2) is 26.2 Å². The fourth-order valence-corrected chi connectivity index (χ4v) is 3.19. The van der Waals surface area contributed by atoms with Gasteiger partial charge in [0.05, 0.1) is 10.0 Å². The molecule has 0 aromatic carbocycles. The van der Waals surface area contributed by atoms with Crippen LogP contribution in [0.5, 0.6) is 0 Å². The van der Waals surface area contributed by atoms with Crippen molar-refractivity contribution in [2.45, 2.75) is 19.3 Å². The molecule has 2 rings (SSSR count). The number of hydrogen-bond donors (Lipinski definition) is 3. The highest BCUT2D eigenvalue weighted by Gasteiger charge is 1.93. The number of thiophene rings is 2. The van der Waals surface area contributed by atoms with Crippen LogP contribution in [0.1, 0.15) is 19.3 Å². The Kier molecular flexibility index (Phi) is 7.52. The number of anilines is 2. The van der Waals surface area contributed by atoms with Crippen molar-refractivity contribution in [1.29, 1.82) is 0 Å². The monoisotopic (exact) mass is 309 g/mol. The van der Waals surface area contributed by atoms with Gasteiger partial charge in [-0.3, -0.25) is 0 Å². The van der Waals surface area contributed by atoms with E-state index in [1.54, 1.807) is 22.7 Å². The van der Waals surface area contributed by atoms with Gasteiger partial charge >= 0.3 is 0 Å². The largest absolute Gasteiger partial charge is 0.377 e. The summed E-state index contributed by atoms with van der Waals surface area (Å²) in [5, 5.41) is 17.1. The lowest BCUT2D eigenvalue weighted by Gasteiger charge is -2.06. The van der Waals surface area contributed by atoms with Gasteiger partial charge in [0, 0.05) is 13.1 Å². The predicted molar refractivity (Wildman–Crippen MR) is 92.3 cm³/mol. The Morgan fingerprint density at radius 3 is 1.85 bits per heavy atom. The number of unbranched alkanes of at least 4 members (excludes halogenated alkanes) is 1. The van der Waals surface area contributed by atoms with E-state index in [9.17, 15) is 0 Å². The van der Waals surface area contributed by atoms with E-state index in [2.05, 4.69) is 51.0 Å². The van der Waals surface area contributed by atoms with Gasteiger partial charge < -0.3 is 16.0 Å². The van der Waals surface area contributed by atoms with Crippen molar-refractivity contribution in [3.05, 3.63) is 35.0 Å². The maximum Gasteiger partial charge on any atom is 0.0882 e. The summed E-state index contributed by atoms with van der Waals surface area (Å²) in [5.41, 5.74) is 0. The lowest BCUT2D eigenvalue weighted by molar-refractivity contribution is 0.619. The van der Waals surface area contributed by atoms with Gasteiger partial charge in [0.25, 0.3) is 0 Å². The molecule has 0 aliphatic heterocycles. The lowest BCUT2D eigenvalue weighted by atomic mass is 10.3. The molecule has 0 radical (unpaired) electrons. The van der Waals surface area contributed by atoms with E-state index in [-0.39, 0.29) is 0 Å². The molecule has 0 bridgehead atoms. The summed E-state index contributed by atoms with van der Waals surface area (Å²) in [5.74, 6) is 0. The van der Waals surface area contributed by atoms with Crippen LogP contribution in [0.2, 0.25) is 0 Å². The van der Waals surface area contributed by atoms with Crippen LogP contribution in [0.3, 0.4) is 0 Å². The molecule has 110 valence electrons. The molecule has 0 atom stereocenters. The van der Waals surface area contributed by atoms with E-state index in [4.69, 9.17) is 0 Å². The van der Waals surface area contributed by atoms with Crippen LogP contribution in [0.15, 0.2) is 35.0 Å². The fraction of sp³-hybridized carbons (Fsp3) is 0.467. The first-order chi connectivity index (χ1) is 9.95. The van der Waals surface area contributed by atoms with E-state index in [1.807, 2.05) is 0 Å². The molecule has 0 saturated heterocycles. The Labute approximate surface area is 129 Å².